The van der Waals surface area contributed by atoms with E-state index in [1.54, 1.807) is 11.3 Å². The zero-order chi connectivity index (χ0) is 14.2. The van der Waals surface area contributed by atoms with Gasteiger partial charge < -0.3 is 5.32 Å². The Labute approximate surface area is 126 Å². The monoisotopic (exact) mass is 294 g/mol. The minimum absolute atomic E-state index is 0.142. The molecular formula is C17H14N2OS. The molecule has 0 saturated heterocycles. The van der Waals surface area contributed by atoms with Crippen molar-refractivity contribution in [3.05, 3.63) is 58.6 Å². The first-order valence-electron chi connectivity index (χ1n) is 7.04. The number of nitrogens with zero attached hydrogens (tertiary/aromatic N) is 1. The summed E-state index contributed by atoms with van der Waals surface area (Å²) in [7, 11) is 0. The number of nitrogens with one attached hydrogen (secondary N) is 1. The molecule has 0 atom stereocenters. The number of ketones is 1. The van der Waals surface area contributed by atoms with Crippen LogP contribution in [-0.2, 0) is 12.8 Å². The van der Waals surface area contributed by atoms with Gasteiger partial charge in [0.15, 0.2) is 5.78 Å². The zero-order valence-electron chi connectivity index (χ0n) is 11.4. The van der Waals surface area contributed by atoms with Crippen molar-refractivity contribution in [3.63, 3.8) is 0 Å². The third kappa shape index (κ3) is 2.32. The molecule has 1 aliphatic rings. The molecule has 0 spiro atoms. The molecule has 104 valence electrons. The molecule has 1 N–H and O–H groups in total. The Kier molecular flexibility index (Phi) is 2.97. The van der Waals surface area contributed by atoms with Crippen LogP contribution in [0.15, 0.2) is 42.5 Å². The van der Waals surface area contributed by atoms with Crippen LogP contribution in [0.5, 0.6) is 0 Å². The second-order valence-electron chi connectivity index (χ2n) is 5.22. The summed E-state index contributed by atoms with van der Waals surface area (Å²) in [5.41, 5.74) is 4.16. The Morgan fingerprint density at radius 1 is 1.24 bits per heavy atom. The molecule has 1 aliphatic heterocycles. The number of carbonyl (C=O) groups is 1. The highest BCUT2D eigenvalue weighted by molar-refractivity contribution is 7.18. The van der Waals surface area contributed by atoms with Gasteiger partial charge in [-0.3, -0.25) is 4.79 Å². The Bertz CT molecular complexity index is 805. The van der Waals surface area contributed by atoms with E-state index in [0.717, 1.165) is 39.4 Å². The fourth-order valence-corrected chi connectivity index (χ4v) is 3.68. The molecule has 0 amide bonds. The lowest BCUT2D eigenvalue weighted by Crippen LogP contribution is -2.03. The number of thiazole rings is 1. The predicted molar refractivity (Wildman–Crippen MR) is 86.3 cm³/mol. The van der Waals surface area contributed by atoms with Gasteiger partial charge in [0.2, 0.25) is 0 Å². The van der Waals surface area contributed by atoms with E-state index in [1.807, 2.05) is 42.5 Å². The van der Waals surface area contributed by atoms with Crippen molar-refractivity contribution in [2.24, 2.45) is 0 Å². The standard InChI is InChI=1S/C17H14N2OS/c20-15(12-5-6-13-11(9-12)7-8-18-13)10-17-19-14-3-1-2-4-16(14)21-17/h1-6,9,18H,7-8,10H2. The van der Waals surface area contributed by atoms with Crippen LogP contribution in [-0.4, -0.2) is 17.3 Å². The SMILES string of the molecule is O=C(Cc1nc2ccccc2s1)c1ccc2c(c1)CCN2. The molecule has 0 saturated carbocycles. The van der Waals surface area contributed by atoms with Crippen LogP contribution in [0, 0.1) is 0 Å². The van der Waals surface area contributed by atoms with Gasteiger partial charge in [-0.15, -0.1) is 11.3 Å². The van der Waals surface area contributed by atoms with E-state index >= 15 is 0 Å². The molecule has 2 aromatic carbocycles. The number of hydrogen-bond acceptors (Lipinski definition) is 4. The Morgan fingerprint density at radius 2 is 2.14 bits per heavy atom. The summed E-state index contributed by atoms with van der Waals surface area (Å²) < 4.78 is 1.14. The van der Waals surface area contributed by atoms with Crippen molar-refractivity contribution in [1.29, 1.82) is 0 Å². The van der Waals surface area contributed by atoms with E-state index in [2.05, 4.69) is 10.3 Å². The smallest absolute Gasteiger partial charge is 0.169 e. The largest absolute Gasteiger partial charge is 0.384 e. The summed E-state index contributed by atoms with van der Waals surface area (Å²) in [6, 6.07) is 13.9. The highest BCUT2D eigenvalue weighted by Gasteiger charge is 2.15. The first kappa shape index (κ1) is 12.5. The van der Waals surface area contributed by atoms with Crippen LogP contribution in [0.25, 0.3) is 10.2 Å². The maximum Gasteiger partial charge on any atom is 0.169 e. The van der Waals surface area contributed by atoms with E-state index in [4.69, 9.17) is 0 Å². The highest BCUT2D eigenvalue weighted by Crippen LogP contribution is 2.25. The summed E-state index contributed by atoms with van der Waals surface area (Å²) in [6.07, 6.45) is 1.38. The van der Waals surface area contributed by atoms with E-state index in [9.17, 15) is 4.79 Å². The number of carbonyl (C=O) groups excluding carboxylic acids is 1. The lowest BCUT2D eigenvalue weighted by atomic mass is 10.0. The van der Waals surface area contributed by atoms with Crippen molar-refractivity contribution in [1.82, 2.24) is 4.98 Å². The number of Topliss-reactive ketones (excluding diaryl/α,β-unsaturated/α-hetero) is 1. The summed E-state index contributed by atoms with van der Waals surface area (Å²) >= 11 is 1.60. The van der Waals surface area contributed by atoms with Crippen LogP contribution in [0.4, 0.5) is 5.69 Å². The quantitative estimate of drug-likeness (QED) is 0.749. The van der Waals surface area contributed by atoms with Crippen molar-refractivity contribution in [2.45, 2.75) is 12.8 Å². The van der Waals surface area contributed by atoms with E-state index in [1.165, 1.54) is 5.56 Å². The molecule has 3 nitrogen and oxygen atoms in total. The third-order valence-electron chi connectivity index (χ3n) is 3.79. The maximum absolute atomic E-state index is 12.4. The van der Waals surface area contributed by atoms with E-state index in [-0.39, 0.29) is 5.78 Å². The van der Waals surface area contributed by atoms with Gasteiger partial charge in [-0.05, 0) is 42.3 Å². The molecular weight excluding hydrogens is 280 g/mol. The average molecular weight is 294 g/mol. The minimum Gasteiger partial charge on any atom is -0.384 e. The Hall–Kier alpha value is -2.20. The Morgan fingerprint density at radius 3 is 3.05 bits per heavy atom. The van der Waals surface area contributed by atoms with E-state index in [0.29, 0.717) is 6.42 Å². The highest BCUT2D eigenvalue weighted by atomic mass is 32.1. The number of hydrogen-bond donors (Lipinski definition) is 1. The van der Waals surface area contributed by atoms with Crippen LogP contribution >= 0.6 is 11.3 Å². The zero-order valence-corrected chi connectivity index (χ0v) is 12.2. The number of anilines is 1. The molecule has 3 aromatic rings. The molecule has 0 unspecified atom stereocenters. The van der Waals surface area contributed by atoms with Crippen LogP contribution < -0.4 is 5.32 Å². The fourth-order valence-electron chi connectivity index (χ4n) is 2.71. The van der Waals surface area contributed by atoms with Gasteiger partial charge >= 0.3 is 0 Å². The van der Waals surface area contributed by atoms with Crippen molar-refractivity contribution < 1.29 is 4.79 Å². The van der Waals surface area contributed by atoms with Gasteiger partial charge in [-0.25, -0.2) is 4.98 Å². The molecule has 4 heteroatoms. The molecule has 1 aromatic heterocycles. The van der Waals surface area contributed by atoms with Gasteiger partial charge in [0.1, 0.15) is 5.01 Å². The number of benzene rings is 2. The molecule has 0 bridgehead atoms. The van der Waals surface area contributed by atoms with Gasteiger partial charge in [-0.1, -0.05) is 12.1 Å². The number of para-hydroxylation sites is 1. The summed E-state index contributed by atoms with van der Waals surface area (Å²) in [4.78, 5) is 17.0. The number of fused-ring (bicyclic) bond motifs is 2. The van der Waals surface area contributed by atoms with Crippen LogP contribution in [0.3, 0.4) is 0 Å². The summed E-state index contributed by atoms with van der Waals surface area (Å²) in [5, 5.41) is 4.20. The molecule has 21 heavy (non-hydrogen) atoms. The van der Waals surface area contributed by atoms with Gasteiger partial charge in [0.25, 0.3) is 0 Å². The van der Waals surface area contributed by atoms with Gasteiger partial charge in [-0.2, -0.15) is 0 Å². The second kappa shape index (κ2) is 4.97. The van der Waals surface area contributed by atoms with Crippen LogP contribution in [0.1, 0.15) is 20.9 Å². The number of aromatic nitrogens is 1. The first-order valence-corrected chi connectivity index (χ1v) is 7.86. The average Bonchev–Trinajstić information content (AvgIpc) is 3.11. The van der Waals surface area contributed by atoms with Crippen molar-refractivity contribution >= 4 is 33.0 Å². The van der Waals surface area contributed by atoms with Crippen molar-refractivity contribution in [2.75, 3.05) is 11.9 Å². The van der Waals surface area contributed by atoms with Crippen molar-refractivity contribution in [3.8, 4) is 0 Å². The molecule has 0 radical (unpaired) electrons. The third-order valence-corrected chi connectivity index (χ3v) is 4.82. The lowest BCUT2D eigenvalue weighted by molar-refractivity contribution is 0.0993. The number of rotatable bonds is 3. The molecule has 2 heterocycles. The van der Waals surface area contributed by atoms with Crippen LogP contribution in [0.2, 0.25) is 0 Å². The molecule has 4 rings (SSSR count). The normalized spacial score (nSPS) is 13.1. The van der Waals surface area contributed by atoms with Gasteiger partial charge in [0, 0.05) is 17.8 Å². The fraction of sp³-hybridized carbons (Fsp3) is 0.176. The second-order valence-corrected chi connectivity index (χ2v) is 6.34. The van der Waals surface area contributed by atoms with Gasteiger partial charge in [0.05, 0.1) is 16.6 Å². The predicted octanol–water partition coefficient (Wildman–Crippen LogP) is 3.69. The summed E-state index contributed by atoms with van der Waals surface area (Å²) in [5.74, 6) is 0.142. The Balaban J connectivity index is 1.60. The molecule has 0 fully saturated rings. The van der Waals surface area contributed by atoms with E-state index < -0.39 is 0 Å². The lowest BCUT2D eigenvalue weighted by Gasteiger charge is -2.03. The maximum atomic E-state index is 12.4. The first-order chi connectivity index (χ1) is 10.3. The topological polar surface area (TPSA) is 42.0 Å². The summed E-state index contributed by atoms with van der Waals surface area (Å²) in [6.45, 7) is 0.963. The minimum atomic E-state index is 0.142. The molecule has 0 aliphatic carbocycles.